The molecule has 0 aliphatic heterocycles. The van der Waals surface area contributed by atoms with Crippen LogP contribution in [0.4, 0.5) is 24.5 Å². The average molecular weight is 370 g/mol. The fourth-order valence-corrected chi connectivity index (χ4v) is 2.64. The zero-order valence-electron chi connectivity index (χ0n) is 12.5. The second-order valence-electron chi connectivity index (χ2n) is 4.84. The molecule has 0 atom stereocenters. The first kappa shape index (κ1) is 16.8. The molecule has 3 aromatic rings. The average Bonchev–Trinajstić information content (AvgIpc) is 3.07. The summed E-state index contributed by atoms with van der Waals surface area (Å²) in [5, 5.41) is 14.9. The number of halogens is 3. The number of carbonyl (C=O) groups excluding carboxylic acids is 2. The standard InChI is InChI=1S/C13H9F3N6O2S/c1-6(23)17-7-2-4-8(5-3-7)18-9(24)10-21-22-11(13(14,15)16)19-20-12(22)25-10/h2-5H,1H3,(H,17,23)(H,18,24). The van der Waals surface area contributed by atoms with E-state index in [0.717, 1.165) is 0 Å². The van der Waals surface area contributed by atoms with Crippen LogP contribution in [0.3, 0.4) is 0 Å². The van der Waals surface area contributed by atoms with Gasteiger partial charge in [0.25, 0.3) is 11.7 Å². The minimum atomic E-state index is -4.72. The van der Waals surface area contributed by atoms with Crippen LogP contribution in [0.25, 0.3) is 4.96 Å². The summed E-state index contributed by atoms with van der Waals surface area (Å²) < 4.78 is 38.7. The molecule has 0 saturated carbocycles. The zero-order valence-corrected chi connectivity index (χ0v) is 13.3. The Hall–Kier alpha value is -3.02. The minimum Gasteiger partial charge on any atom is -0.326 e. The molecule has 25 heavy (non-hydrogen) atoms. The van der Waals surface area contributed by atoms with Gasteiger partial charge in [-0.15, -0.1) is 15.3 Å². The molecule has 2 heterocycles. The van der Waals surface area contributed by atoms with Gasteiger partial charge in [-0.25, -0.2) is 0 Å². The van der Waals surface area contributed by atoms with Crippen LogP contribution in [0.5, 0.6) is 0 Å². The van der Waals surface area contributed by atoms with Gasteiger partial charge in [0.2, 0.25) is 15.9 Å². The van der Waals surface area contributed by atoms with E-state index in [2.05, 4.69) is 25.9 Å². The van der Waals surface area contributed by atoms with Gasteiger partial charge >= 0.3 is 6.18 Å². The molecule has 12 heteroatoms. The monoisotopic (exact) mass is 370 g/mol. The summed E-state index contributed by atoms with van der Waals surface area (Å²) in [5.74, 6) is -2.22. The van der Waals surface area contributed by atoms with Crippen LogP contribution < -0.4 is 10.6 Å². The van der Waals surface area contributed by atoms with Crippen molar-refractivity contribution in [3.05, 3.63) is 35.1 Å². The highest BCUT2D eigenvalue weighted by Crippen LogP contribution is 2.29. The fourth-order valence-electron chi connectivity index (χ4n) is 1.91. The SMILES string of the molecule is CC(=O)Nc1ccc(NC(=O)c2nn3c(C(F)(F)F)nnc3s2)cc1. The van der Waals surface area contributed by atoms with Gasteiger partial charge in [-0.1, -0.05) is 11.3 Å². The van der Waals surface area contributed by atoms with Crippen molar-refractivity contribution in [1.29, 1.82) is 0 Å². The predicted molar refractivity (Wildman–Crippen MR) is 82.4 cm³/mol. The molecule has 0 aliphatic rings. The third-order valence-electron chi connectivity index (χ3n) is 2.90. The largest absolute Gasteiger partial charge is 0.453 e. The Bertz CT molecular complexity index is 947. The number of rotatable bonds is 3. The molecule has 0 saturated heterocycles. The Labute approximate surface area is 141 Å². The Balaban J connectivity index is 1.78. The van der Waals surface area contributed by atoms with Crippen molar-refractivity contribution in [3.8, 4) is 0 Å². The maximum absolute atomic E-state index is 12.7. The quantitative estimate of drug-likeness (QED) is 0.737. The number of benzene rings is 1. The number of aromatic nitrogens is 4. The van der Waals surface area contributed by atoms with Gasteiger partial charge in [0, 0.05) is 18.3 Å². The van der Waals surface area contributed by atoms with Crippen LogP contribution in [0.1, 0.15) is 22.6 Å². The van der Waals surface area contributed by atoms with Crippen molar-refractivity contribution < 1.29 is 22.8 Å². The molecule has 0 spiro atoms. The second kappa shape index (κ2) is 6.12. The Morgan fingerprint density at radius 1 is 1.08 bits per heavy atom. The van der Waals surface area contributed by atoms with Gasteiger partial charge < -0.3 is 10.6 Å². The summed E-state index contributed by atoms with van der Waals surface area (Å²) in [4.78, 5) is 22.9. The van der Waals surface area contributed by atoms with E-state index < -0.39 is 17.9 Å². The fraction of sp³-hybridized carbons (Fsp3) is 0.154. The van der Waals surface area contributed by atoms with Crippen molar-refractivity contribution in [2.75, 3.05) is 10.6 Å². The van der Waals surface area contributed by atoms with Gasteiger partial charge in [0.1, 0.15) is 0 Å². The van der Waals surface area contributed by atoms with E-state index in [0.29, 0.717) is 27.2 Å². The summed E-state index contributed by atoms with van der Waals surface area (Å²) in [5.41, 5.74) is 0.931. The first-order valence-corrected chi connectivity index (χ1v) is 7.54. The number of carbonyl (C=O) groups is 2. The lowest BCUT2D eigenvalue weighted by atomic mass is 10.2. The molecule has 0 unspecified atom stereocenters. The van der Waals surface area contributed by atoms with Crippen LogP contribution >= 0.6 is 11.3 Å². The summed E-state index contributed by atoms with van der Waals surface area (Å²) in [6.07, 6.45) is -4.72. The Morgan fingerprint density at radius 3 is 2.24 bits per heavy atom. The lowest BCUT2D eigenvalue weighted by Crippen LogP contribution is -2.15. The lowest BCUT2D eigenvalue weighted by Gasteiger charge is -2.05. The maximum atomic E-state index is 12.7. The molecular formula is C13H9F3N6O2S. The molecule has 0 fully saturated rings. The molecule has 130 valence electrons. The molecular weight excluding hydrogens is 361 g/mol. The number of nitrogens with zero attached hydrogens (tertiary/aromatic N) is 4. The lowest BCUT2D eigenvalue weighted by molar-refractivity contribution is -0.146. The van der Waals surface area contributed by atoms with Gasteiger partial charge in [0.05, 0.1) is 0 Å². The van der Waals surface area contributed by atoms with E-state index in [4.69, 9.17) is 0 Å². The van der Waals surface area contributed by atoms with Crippen molar-refractivity contribution in [2.45, 2.75) is 13.1 Å². The second-order valence-corrected chi connectivity index (χ2v) is 5.79. The highest BCUT2D eigenvalue weighted by atomic mass is 32.1. The smallest absolute Gasteiger partial charge is 0.326 e. The third kappa shape index (κ3) is 3.57. The van der Waals surface area contributed by atoms with Crippen molar-refractivity contribution >= 4 is 39.5 Å². The molecule has 2 amide bonds. The molecule has 2 aromatic heterocycles. The predicted octanol–water partition coefficient (Wildman–Crippen LogP) is 2.42. The Kier molecular flexibility index (Phi) is 4.12. The highest BCUT2D eigenvalue weighted by molar-refractivity contribution is 7.18. The Morgan fingerprint density at radius 2 is 1.68 bits per heavy atom. The van der Waals surface area contributed by atoms with Crippen LogP contribution in [0, 0.1) is 0 Å². The highest BCUT2D eigenvalue weighted by Gasteiger charge is 2.38. The first-order valence-electron chi connectivity index (χ1n) is 6.72. The van der Waals surface area contributed by atoms with E-state index in [1.165, 1.54) is 19.1 Å². The van der Waals surface area contributed by atoms with Crippen molar-refractivity contribution in [3.63, 3.8) is 0 Å². The van der Waals surface area contributed by atoms with E-state index in [-0.39, 0.29) is 15.9 Å². The summed E-state index contributed by atoms with van der Waals surface area (Å²) in [6.45, 7) is 1.36. The van der Waals surface area contributed by atoms with Gasteiger partial charge in [-0.2, -0.15) is 17.7 Å². The van der Waals surface area contributed by atoms with Gasteiger partial charge in [-0.3, -0.25) is 9.59 Å². The molecule has 0 radical (unpaired) electrons. The van der Waals surface area contributed by atoms with E-state index in [1.807, 2.05) is 0 Å². The van der Waals surface area contributed by atoms with Crippen LogP contribution in [0.2, 0.25) is 0 Å². The third-order valence-corrected chi connectivity index (χ3v) is 3.80. The maximum Gasteiger partial charge on any atom is 0.453 e. The normalized spacial score (nSPS) is 11.5. The molecule has 0 bridgehead atoms. The summed E-state index contributed by atoms with van der Waals surface area (Å²) >= 11 is 0.682. The van der Waals surface area contributed by atoms with Crippen molar-refractivity contribution in [2.24, 2.45) is 0 Å². The summed E-state index contributed by atoms with van der Waals surface area (Å²) in [6, 6.07) is 6.20. The van der Waals surface area contributed by atoms with E-state index in [9.17, 15) is 22.8 Å². The molecule has 0 aliphatic carbocycles. The number of amides is 2. The topological polar surface area (TPSA) is 101 Å². The number of fused-ring (bicyclic) bond motifs is 1. The number of alkyl halides is 3. The van der Waals surface area contributed by atoms with Gasteiger partial charge in [0.15, 0.2) is 0 Å². The number of hydrogen-bond acceptors (Lipinski definition) is 6. The van der Waals surface area contributed by atoms with Crippen LogP contribution in [-0.2, 0) is 11.0 Å². The number of anilines is 2. The number of hydrogen-bond donors (Lipinski definition) is 2. The molecule has 2 N–H and O–H groups in total. The van der Waals surface area contributed by atoms with Gasteiger partial charge in [-0.05, 0) is 24.3 Å². The molecule has 8 nitrogen and oxygen atoms in total. The zero-order chi connectivity index (χ0) is 18.2. The van der Waals surface area contributed by atoms with E-state index >= 15 is 0 Å². The van der Waals surface area contributed by atoms with E-state index in [1.54, 1.807) is 12.1 Å². The van der Waals surface area contributed by atoms with Crippen LogP contribution in [0.15, 0.2) is 24.3 Å². The first-order chi connectivity index (χ1) is 11.7. The molecule has 3 rings (SSSR count). The summed E-state index contributed by atoms with van der Waals surface area (Å²) in [7, 11) is 0. The van der Waals surface area contributed by atoms with Crippen molar-refractivity contribution in [1.82, 2.24) is 19.8 Å². The number of nitrogens with one attached hydrogen (secondary N) is 2. The minimum absolute atomic E-state index is 0.140. The molecule has 1 aromatic carbocycles. The van der Waals surface area contributed by atoms with Crippen LogP contribution in [-0.4, -0.2) is 31.6 Å².